The van der Waals surface area contributed by atoms with E-state index in [0.29, 0.717) is 47.3 Å². The second-order valence-electron chi connectivity index (χ2n) is 10.3. The number of carbonyl (C=O) groups excluding carboxylic acids is 1. The molecule has 2 aromatic carbocycles. The van der Waals surface area contributed by atoms with Crippen molar-refractivity contribution >= 4 is 23.3 Å². The number of anilines is 1. The molecule has 3 aromatic rings. The quantitative estimate of drug-likeness (QED) is 0.290. The Bertz CT molecular complexity index is 1140. The molecule has 1 atom stereocenters. The van der Waals surface area contributed by atoms with Crippen molar-refractivity contribution in [2.45, 2.75) is 54.0 Å². The number of halogens is 1. The molecule has 3 rings (SSSR count). The second kappa shape index (κ2) is 12.9. The van der Waals surface area contributed by atoms with Gasteiger partial charge in [0.25, 0.3) is 5.91 Å². The molecular formula is C29H39ClN4O2. The molecule has 0 aliphatic rings. The molecule has 0 saturated heterocycles. The van der Waals surface area contributed by atoms with Gasteiger partial charge in [0, 0.05) is 34.5 Å². The topological polar surface area (TPSA) is 68.2 Å². The molecule has 0 aliphatic carbocycles. The summed E-state index contributed by atoms with van der Waals surface area (Å²) in [6.07, 6.45) is 0. The van der Waals surface area contributed by atoms with E-state index in [2.05, 4.69) is 50.4 Å². The first-order chi connectivity index (χ1) is 17.1. The lowest BCUT2D eigenvalue weighted by atomic mass is 9.99. The number of amides is 1. The third-order valence-electron chi connectivity index (χ3n) is 5.88. The van der Waals surface area contributed by atoms with Gasteiger partial charge in [0.1, 0.15) is 5.75 Å². The van der Waals surface area contributed by atoms with Gasteiger partial charge in [-0.3, -0.25) is 9.48 Å². The number of hydrogen-bond acceptors (Lipinski definition) is 4. The van der Waals surface area contributed by atoms with Crippen molar-refractivity contribution in [3.05, 3.63) is 75.9 Å². The summed E-state index contributed by atoms with van der Waals surface area (Å²) in [5, 5.41) is 11.7. The van der Waals surface area contributed by atoms with E-state index in [0.717, 1.165) is 30.1 Å². The number of aryl methyl sites for hydroxylation is 1. The van der Waals surface area contributed by atoms with Crippen LogP contribution in [0.3, 0.4) is 0 Å². The Balaban J connectivity index is 1.64. The number of ether oxygens (including phenoxy) is 1. The van der Waals surface area contributed by atoms with E-state index in [4.69, 9.17) is 16.3 Å². The first kappa shape index (κ1) is 27.8. The van der Waals surface area contributed by atoms with Gasteiger partial charge in [0.05, 0.1) is 13.2 Å². The summed E-state index contributed by atoms with van der Waals surface area (Å²) in [5.41, 5.74) is 3.69. The summed E-state index contributed by atoms with van der Waals surface area (Å²) in [7, 11) is 0. The van der Waals surface area contributed by atoms with Gasteiger partial charge in [-0.1, -0.05) is 58.4 Å². The Morgan fingerprint density at radius 3 is 2.39 bits per heavy atom. The molecule has 1 unspecified atom stereocenters. The highest BCUT2D eigenvalue weighted by Crippen LogP contribution is 2.25. The second-order valence-corrected chi connectivity index (χ2v) is 10.8. The van der Waals surface area contributed by atoms with Crippen LogP contribution in [0.1, 0.15) is 67.7 Å². The van der Waals surface area contributed by atoms with Crippen LogP contribution in [0.15, 0.2) is 48.5 Å². The van der Waals surface area contributed by atoms with Crippen molar-refractivity contribution in [3.63, 3.8) is 0 Å². The zero-order valence-electron chi connectivity index (χ0n) is 22.3. The van der Waals surface area contributed by atoms with Crippen LogP contribution in [0, 0.1) is 18.8 Å². The molecule has 0 radical (unpaired) electrons. The van der Waals surface area contributed by atoms with Gasteiger partial charge < -0.3 is 15.4 Å². The Morgan fingerprint density at radius 2 is 1.72 bits per heavy atom. The van der Waals surface area contributed by atoms with E-state index >= 15 is 0 Å². The van der Waals surface area contributed by atoms with Crippen molar-refractivity contribution < 1.29 is 9.53 Å². The van der Waals surface area contributed by atoms with Crippen LogP contribution in [0.25, 0.3) is 0 Å². The molecule has 7 heteroatoms. The molecular weight excluding hydrogens is 472 g/mol. The minimum Gasteiger partial charge on any atom is -0.493 e. The van der Waals surface area contributed by atoms with E-state index in [1.165, 1.54) is 5.56 Å². The van der Waals surface area contributed by atoms with E-state index in [1.54, 1.807) is 0 Å². The minimum atomic E-state index is -0.180. The van der Waals surface area contributed by atoms with Crippen LogP contribution in [0.2, 0.25) is 5.02 Å². The largest absolute Gasteiger partial charge is 0.493 e. The average Bonchev–Trinajstić information content (AvgIpc) is 3.16. The van der Waals surface area contributed by atoms with Crippen LogP contribution in [0.4, 0.5) is 5.82 Å². The van der Waals surface area contributed by atoms with E-state index < -0.39 is 0 Å². The summed E-state index contributed by atoms with van der Waals surface area (Å²) in [6.45, 7) is 15.8. The number of benzene rings is 2. The number of nitrogens with zero attached hydrogens (tertiary/aromatic N) is 2. The number of aromatic nitrogens is 2. The number of hydrogen-bond donors (Lipinski definition) is 2. The molecule has 0 spiro atoms. The smallest absolute Gasteiger partial charge is 0.256 e. The molecule has 1 aromatic heterocycles. The van der Waals surface area contributed by atoms with E-state index in [-0.39, 0.29) is 5.91 Å². The summed E-state index contributed by atoms with van der Waals surface area (Å²) in [5.74, 6) is 2.55. The van der Waals surface area contributed by atoms with Crippen molar-refractivity contribution in [2.75, 3.05) is 25.0 Å². The first-order valence-electron chi connectivity index (χ1n) is 12.7. The standard InChI is InChI=1S/C29H39ClN4O2/c1-19(2)15-31-16-21(5)23-7-9-24(10-8-23)29(35)32-28-13-22(6)34(33-28)17-25-14-26(30)11-12-27(25)36-18-20(3)4/h7-14,19-21,31H,15-18H2,1-6H3,(H,32,33,35). The third-order valence-corrected chi connectivity index (χ3v) is 6.12. The fourth-order valence-electron chi connectivity index (χ4n) is 3.82. The SMILES string of the molecule is Cc1cc(NC(=O)c2ccc(C(C)CNCC(C)C)cc2)nn1Cc1cc(Cl)ccc1OCC(C)C. The predicted molar refractivity (Wildman–Crippen MR) is 148 cm³/mol. The highest BCUT2D eigenvalue weighted by atomic mass is 35.5. The maximum atomic E-state index is 12.9. The van der Waals surface area contributed by atoms with Gasteiger partial charge in [-0.2, -0.15) is 5.10 Å². The lowest BCUT2D eigenvalue weighted by Gasteiger charge is -2.15. The molecule has 1 heterocycles. The highest BCUT2D eigenvalue weighted by Gasteiger charge is 2.14. The van der Waals surface area contributed by atoms with Crippen LogP contribution < -0.4 is 15.4 Å². The molecule has 6 nitrogen and oxygen atoms in total. The summed E-state index contributed by atoms with van der Waals surface area (Å²) < 4.78 is 7.83. The van der Waals surface area contributed by atoms with Gasteiger partial charge in [-0.25, -0.2) is 0 Å². The third kappa shape index (κ3) is 8.10. The van der Waals surface area contributed by atoms with Gasteiger partial charge in [-0.15, -0.1) is 0 Å². The van der Waals surface area contributed by atoms with Crippen LogP contribution >= 0.6 is 11.6 Å². The summed E-state index contributed by atoms with van der Waals surface area (Å²) in [4.78, 5) is 12.9. The Kier molecular flexibility index (Phi) is 9.97. The molecule has 0 bridgehead atoms. The lowest BCUT2D eigenvalue weighted by molar-refractivity contribution is 0.102. The van der Waals surface area contributed by atoms with Crippen molar-refractivity contribution in [1.82, 2.24) is 15.1 Å². The molecule has 0 fully saturated rings. The van der Waals surface area contributed by atoms with E-state index in [1.807, 2.05) is 60.1 Å². The minimum absolute atomic E-state index is 0.180. The van der Waals surface area contributed by atoms with Gasteiger partial charge in [-0.05, 0) is 67.1 Å². The molecule has 194 valence electrons. The predicted octanol–water partition coefficient (Wildman–Crippen LogP) is 6.53. The van der Waals surface area contributed by atoms with Gasteiger partial charge >= 0.3 is 0 Å². The van der Waals surface area contributed by atoms with Crippen molar-refractivity contribution in [2.24, 2.45) is 11.8 Å². The van der Waals surface area contributed by atoms with Gasteiger partial charge in [0.15, 0.2) is 5.82 Å². The van der Waals surface area contributed by atoms with Crippen molar-refractivity contribution in [3.8, 4) is 5.75 Å². The maximum Gasteiger partial charge on any atom is 0.256 e. The molecule has 36 heavy (non-hydrogen) atoms. The normalized spacial score (nSPS) is 12.2. The van der Waals surface area contributed by atoms with Crippen LogP contribution in [-0.4, -0.2) is 35.4 Å². The molecule has 1 amide bonds. The van der Waals surface area contributed by atoms with Crippen LogP contribution in [-0.2, 0) is 6.54 Å². The molecule has 0 saturated carbocycles. The molecule has 0 aliphatic heterocycles. The Hall–Kier alpha value is -2.83. The lowest BCUT2D eigenvalue weighted by Crippen LogP contribution is -2.24. The Morgan fingerprint density at radius 1 is 1.00 bits per heavy atom. The highest BCUT2D eigenvalue weighted by molar-refractivity contribution is 6.30. The number of carbonyl (C=O) groups is 1. The fourth-order valence-corrected chi connectivity index (χ4v) is 4.01. The maximum absolute atomic E-state index is 12.9. The summed E-state index contributed by atoms with van der Waals surface area (Å²) >= 11 is 6.25. The first-order valence-corrected chi connectivity index (χ1v) is 13.1. The average molecular weight is 511 g/mol. The Labute approximate surface area is 220 Å². The number of nitrogens with one attached hydrogen (secondary N) is 2. The van der Waals surface area contributed by atoms with Crippen LogP contribution in [0.5, 0.6) is 5.75 Å². The van der Waals surface area contributed by atoms with E-state index in [9.17, 15) is 4.79 Å². The molecule has 2 N–H and O–H groups in total. The number of rotatable bonds is 12. The summed E-state index contributed by atoms with van der Waals surface area (Å²) in [6, 6.07) is 15.3. The van der Waals surface area contributed by atoms with Crippen molar-refractivity contribution in [1.29, 1.82) is 0 Å². The zero-order chi connectivity index (χ0) is 26.2. The monoisotopic (exact) mass is 510 g/mol. The zero-order valence-corrected chi connectivity index (χ0v) is 23.0. The van der Waals surface area contributed by atoms with Gasteiger partial charge in [0.2, 0.25) is 0 Å². The fraction of sp³-hybridized carbons (Fsp3) is 0.448.